The predicted octanol–water partition coefficient (Wildman–Crippen LogP) is 3.21. The third kappa shape index (κ3) is 3.24. The summed E-state index contributed by atoms with van der Waals surface area (Å²) in [5.41, 5.74) is 1.04. The number of fused-ring (bicyclic) bond motifs is 1. The molecule has 1 unspecified atom stereocenters. The van der Waals surface area contributed by atoms with Crippen LogP contribution in [-0.2, 0) is 16.1 Å². The summed E-state index contributed by atoms with van der Waals surface area (Å²) in [5, 5.41) is 1.08. The summed E-state index contributed by atoms with van der Waals surface area (Å²) in [6.45, 7) is 3.99. The Labute approximate surface area is 128 Å². The van der Waals surface area contributed by atoms with Gasteiger partial charge in [0, 0.05) is 0 Å². The lowest BCUT2D eigenvalue weighted by atomic mass is 10.0. The molecule has 0 radical (unpaired) electrons. The number of rotatable bonds is 4. The van der Waals surface area contributed by atoms with Gasteiger partial charge in [0.25, 0.3) is 0 Å². The molecule has 2 heterocycles. The summed E-state index contributed by atoms with van der Waals surface area (Å²) < 4.78 is 6.42. The Morgan fingerprint density at radius 1 is 1.43 bits per heavy atom. The first kappa shape index (κ1) is 14.5. The molecule has 1 aromatic heterocycles. The molecule has 5 heteroatoms. The third-order valence-corrected chi connectivity index (χ3v) is 4.87. The minimum absolute atomic E-state index is 0.0849. The Morgan fingerprint density at radius 2 is 2.29 bits per heavy atom. The maximum atomic E-state index is 12.1. The average Bonchev–Trinajstić information content (AvgIpc) is 2.90. The van der Waals surface area contributed by atoms with Gasteiger partial charge in [-0.05, 0) is 38.4 Å². The normalized spacial score (nSPS) is 19.8. The third-order valence-electron chi connectivity index (χ3n) is 3.85. The molecular weight excluding hydrogens is 284 g/mol. The van der Waals surface area contributed by atoms with E-state index in [1.54, 1.807) is 11.3 Å². The van der Waals surface area contributed by atoms with Crippen molar-refractivity contribution in [3.05, 3.63) is 29.3 Å². The lowest BCUT2D eigenvalue weighted by molar-refractivity contribution is -0.151. The summed E-state index contributed by atoms with van der Waals surface area (Å²) in [7, 11) is 0. The van der Waals surface area contributed by atoms with Crippen LogP contribution in [0.1, 0.15) is 31.2 Å². The predicted molar refractivity (Wildman–Crippen MR) is 84.3 cm³/mol. The van der Waals surface area contributed by atoms with E-state index in [0.717, 1.165) is 42.9 Å². The van der Waals surface area contributed by atoms with Crippen molar-refractivity contribution in [2.45, 2.75) is 38.8 Å². The minimum Gasteiger partial charge on any atom is -0.465 e. The second-order valence-corrected chi connectivity index (χ2v) is 6.42. The monoisotopic (exact) mass is 304 g/mol. The van der Waals surface area contributed by atoms with Gasteiger partial charge in [-0.3, -0.25) is 9.69 Å². The van der Waals surface area contributed by atoms with E-state index in [0.29, 0.717) is 6.61 Å². The maximum Gasteiger partial charge on any atom is 0.323 e. The van der Waals surface area contributed by atoms with Gasteiger partial charge < -0.3 is 4.74 Å². The highest BCUT2D eigenvalue weighted by molar-refractivity contribution is 7.18. The molecule has 0 spiro atoms. The number of carbonyl (C=O) groups is 1. The average molecular weight is 304 g/mol. The van der Waals surface area contributed by atoms with Crippen LogP contribution in [-0.4, -0.2) is 35.0 Å². The molecule has 0 N–H and O–H groups in total. The van der Waals surface area contributed by atoms with Crippen LogP contribution < -0.4 is 0 Å². The molecular formula is C16H20N2O2S. The number of para-hydroxylation sites is 1. The van der Waals surface area contributed by atoms with Gasteiger partial charge in [0.05, 0.1) is 23.4 Å². The van der Waals surface area contributed by atoms with Crippen molar-refractivity contribution < 1.29 is 9.53 Å². The smallest absolute Gasteiger partial charge is 0.323 e. The quantitative estimate of drug-likeness (QED) is 0.813. The van der Waals surface area contributed by atoms with E-state index in [1.807, 2.05) is 25.1 Å². The van der Waals surface area contributed by atoms with Crippen molar-refractivity contribution in [3.8, 4) is 0 Å². The number of hydrogen-bond acceptors (Lipinski definition) is 5. The highest BCUT2D eigenvalue weighted by atomic mass is 32.1. The second-order valence-electron chi connectivity index (χ2n) is 5.31. The number of likely N-dealkylation sites (tertiary alicyclic amines) is 1. The van der Waals surface area contributed by atoms with Crippen molar-refractivity contribution in [1.29, 1.82) is 0 Å². The van der Waals surface area contributed by atoms with Gasteiger partial charge in [-0.25, -0.2) is 4.98 Å². The van der Waals surface area contributed by atoms with E-state index in [9.17, 15) is 4.79 Å². The molecule has 21 heavy (non-hydrogen) atoms. The van der Waals surface area contributed by atoms with Crippen LogP contribution in [0.4, 0.5) is 0 Å². The maximum absolute atomic E-state index is 12.1. The summed E-state index contributed by atoms with van der Waals surface area (Å²) in [6.07, 6.45) is 3.13. The van der Waals surface area contributed by atoms with Gasteiger partial charge >= 0.3 is 5.97 Å². The highest BCUT2D eigenvalue weighted by Gasteiger charge is 2.30. The summed E-state index contributed by atoms with van der Waals surface area (Å²) in [6, 6.07) is 8.07. The molecule has 112 valence electrons. The molecule has 1 aliphatic heterocycles. The number of ether oxygens (including phenoxy) is 1. The molecule has 1 fully saturated rings. The number of hydrogen-bond donors (Lipinski definition) is 0. The molecule has 0 aliphatic carbocycles. The Kier molecular flexibility index (Phi) is 4.51. The van der Waals surface area contributed by atoms with Crippen LogP contribution in [0.3, 0.4) is 0 Å². The Bertz CT molecular complexity index is 593. The van der Waals surface area contributed by atoms with Crippen LogP contribution in [0, 0.1) is 0 Å². The van der Waals surface area contributed by atoms with Gasteiger partial charge in [-0.2, -0.15) is 0 Å². The molecule has 1 aromatic carbocycles. The highest BCUT2D eigenvalue weighted by Crippen LogP contribution is 2.26. The SMILES string of the molecule is CCOC(=O)C1CCCCN1Cc1nc2ccccc2s1. The largest absolute Gasteiger partial charge is 0.465 e. The zero-order chi connectivity index (χ0) is 14.7. The Balaban J connectivity index is 1.75. The summed E-state index contributed by atoms with van der Waals surface area (Å²) in [5.74, 6) is -0.0849. The number of benzene rings is 1. The van der Waals surface area contributed by atoms with Gasteiger partial charge in [-0.15, -0.1) is 11.3 Å². The molecule has 0 saturated carbocycles. The zero-order valence-corrected chi connectivity index (χ0v) is 13.1. The number of piperidine rings is 1. The van der Waals surface area contributed by atoms with Crippen LogP contribution in [0.25, 0.3) is 10.2 Å². The van der Waals surface area contributed by atoms with E-state index in [-0.39, 0.29) is 12.0 Å². The molecule has 1 atom stereocenters. The van der Waals surface area contributed by atoms with Crippen molar-refractivity contribution >= 4 is 27.5 Å². The van der Waals surface area contributed by atoms with Crippen molar-refractivity contribution in [2.24, 2.45) is 0 Å². The van der Waals surface area contributed by atoms with Crippen LogP contribution in [0.5, 0.6) is 0 Å². The van der Waals surface area contributed by atoms with E-state index in [1.165, 1.54) is 4.70 Å². The molecule has 0 amide bonds. The number of aromatic nitrogens is 1. The van der Waals surface area contributed by atoms with Gasteiger partial charge in [0.1, 0.15) is 11.0 Å². The summed E-state index contributed by atoms with van der Waals surface area (Å²) in [4.78, 5) is 19.0. The number of esters is 1. The lowest BCUT2D eigenvalue weighted by Crippen LogP contribution is -2.44. The van der Waals surface area contributed by atoms with Crippen molar-refractivity contribution in [2.75, 3.05) is 13.2 Å². The number of nitrogens with zero attached hydrogens (tertiary/aromatic N) is 2. The van der Waals surface area contributed by atoms with Gasteiger partial charge in [0.2, 0.25) is 0 Å². The van der Waals surface area contributed by atoms with Crippen LogP contribution in [0.2, 0.25) is 0 Å². The van der Waals surface area contributed by atoms with Gasteiger partial charge in [-0.1, -0.05) is 18.6 Å². The zero-order valence-electron chi connectivity index (χ0n) is 12.2. The Hall–Kier alpha value is -1.46. The fourth-order valence-electron chi connectivity index (χ4n) is 2.85. The second kappa shape index (κ2) is 6.54. The molecule has 0 bridgehead atoms. The first-order chi connectivity index (χ1) is 10.3. The first-order valence-corrected chi connectivity index (χ1v) is 8.34. The van der Waals surface area contributed by atoms with Crippen LogP contribution in [0.15, 0.2) is 24.3 Å². The summed E-state index contributed by atoms with van der Waals surface area (Å²) >= 11 is 1.71. The molecule has 4 nitrogen and oxygen atoms in total. The van der Waals surface area contributed by atoms with Gasteiger partial charge in [0.15, 0.2) is 0 Å². The van der Waals surface area contributed by atoms with E-state index in [2.05, 4.69) is 16.0 Å². The number of carbonyl (C=O) groups excluding carboxylic acids is 1. The van der Waals surface area contributed by atoms with E-state index >= 15 is 0 Å². The standard InChI is InChI=1S/C16H20N2O2S/c1-2-20-16(19)13-8-5-6-10-18(13)11-15-17-12-7-3-4-9-14(12)21-15/h3-4,7,9,13H,2,5-6,8,10-11H2,1H3. The van der Waals surface area contributed by atoms with Crippen molar-refractivity contribution in [3.63, 3.8) is 0 Å². The van der Waals surface area contributed by atoms with E-state index in [4.69, 9.17) is 4.74 Å². The minimum atomic E-state index is -0.106. The molecule has 2 aromatic rings. The van der Waals surface area contributed by atoms with E-state index < -0.39 is 0 Å². The number of thiazole rings is 1. The molecule has 3 rings (SSSR count). The first-order valence-electron chi connectivity index (χ1n) is 7.53. The lowest BCUT2D eigenvalue weighted by Gasteiger charge is -2.33. The molecule has 1 aliphatic rings. The molecule has 1 saturated heterocycles. The van der Waals surface area contributed by atoms with Crippen LogP contribution >= 0.6 is 11.3 Å². The van der Waals surface area contributed by atoms with Crippen molar-refractivity contribution in [1.82, 2.24) is 9.88 Å². The topological polar surface area (TPSA) is 42.4 Å². The fraction of sp³-hybridized carbons (Fsp3) is 0.500. The Morgan fingerprint density at radius 3 is 3.10 bits per heavy atom. The fourth-order valence-corrected chi connectivity index (χ4v) is 3.84.